The van der Waals surface area contributed by atoms with Crippen molar-refractivity contribution in [1.82, 2.24) is 0 Å². The second-order valence-electron chi connectivity index (χ2n) is 6.85. The standard InChI is InChI=1S/C19H34O5/c1-3-14(20)11-12-16-15(17(21)13-18(16)22)9-7-5-4-6-8-10-19(23)24-2/h11-12,14-18,20-22H,3-10,13H2,1-2H3/b12-11+/t14?,15-,16+,17-,18+/m0/s1. The topological polar surface area (TPSA) is 87.0 Å². The fraction of sp³-hybridized carbons (Fsp3) is 0.842. The van der Waals surface area contributed by atoms with Crippen LogP contribution in [0.5, 0.6) is 0 Å². The summed E-state index contributed by atoms with van der Waals surface area (Å²) in [5.74, 6) is -0.155. The Labute approximate surface area is 145 Å². The normalized spacial score (nSPS) is 28.4. The van der Waals surface area contributed by atoms with Gasteiger partial charge in [-0.2, -0.15) is 0 Å². The highest BCUT2D eigenvalue weighted by atomic mass is 16.5. The first-order valence-electron chi connectivity index (χ1n) is 9.28. The third-order valence-electron chi connectivity index (χ3n) is 5.04. The third kappa shape index (κ3) is 7.32. The maximum Gasteiger partial charge on any atom is 0.305 e. The molecular weight excluding hydrogens is 308 g/mol. The van der Waals surface area contributed by atoms with Crippen LogP contribution in [-0.2, 0) is 9.53 Å². The summed E-state index contributed by atoms with van der Waals surface area (Å²) in [7, 11) is 1.41. The van der Waals surface area contributed by atoms with Crippen LogP contribution in [0.1, 0.15) is 64.7 Å². The van der Waals surface area contributed by atoms with E-state index in [9.17, 15) is 20.1 Å². The number of methoxy groups -OCH3 is 1. The van der Waals surface area contributed by atoms with Gasteiger partial charge in [-0.05, 0) is 25.2 Å². The molecule has 0 aromatic rings. The lowest BCUT2D eigenvalue weighted by Gasteiger charge is -2.21. The monoisotopic (exact) mass is 342 g/mol. The Morgan fingerprint density at radius 1 is 1.17 bits per heavy atom. The Bertz CT molecular complexity index is 382. The van der Waals surface area contributed by atoms with Crippen molar-refractivity contribution < 1.29 is 24.9 Å². The Morgan fingerprint density at radius 3 is 2.50 bits per heavy atom. The summed E-state index contributed by atoms with van der Waals surface area (Å²) in [5.41, 5.74) is 0. The van der Waals surface area contributed by atoms with Gasteiger partial charge in [0.15, 0.2) is 0 Å². The first-order chi connectivity index (χ1) is 11.5. The van der Waals surface area contributed by atoms with E-state index in [1.165, 1.54) is 7.11 Å². The molecule has 0 saturated heterocycles. The van der Waals surface area contributed by atoms with Gasteiger partial charge in [-0.15, -0.1) is 0 Å². The van der Waals surface area contributed by atoms with E-state index in [-0.39, 0.29) is 17.8 Å². The fourth-order valence-electron chi connectivity index (χ4n) is 3.45. The molecule has 0 heterocycles. The van der Waals surface area contributed by atoms with E-state index in [0.29, 0.717) is 19.3 Å². The molecule has 24 heavy (non-hydrogen) atoms. The summed E-state index contributed by atoms with van der Waals surface area (Å²) in [4.78, 5) is 11.0. The fourth-order valence-corrected chi connectivity index (χ4v) is 3.45. The molecule has 0 aliphatic heterocycles. The van der Waals surface area contributed by atoms with Gasteiger partial charge in [0.05, 0.1) is 25.4 Å². The van der Waals surface area contributed by atoms with Crippen LogP contribution < -0.4 is 0 Å². The minimum absolute atomic E-state index is 0.0652. The molecule has 1 aliphatic carbocycles. The number of aliphatic hydroxyl groups excluding tert-OH is 3. The molecule has 1 rings (SSSR count). The molecule has 1 saturated carbocycles. The molecule has 0 aromatic carbocycles. The molecule has 5 nitrogen and oxygen atoms in total. The van der Waals surface area contributed by atoms with E-state index in [0.717, 1.165) is 38.5 Å². The maximum absolute atomic E-state index is 11.0. The second kappa shape index (κ2) is 11.6. The lowest BCUT2D eigenvalue weighted by Crippen LogP contribution is -2.21. The summed E-state index contributed by atoms with van der Waals surface area (Å²) in [6, 6.07) is 0. The van der Waals surface area contributed by atoms with Gasteiger partial charge in [0.25, 0.3) is 0 Å². The van der Waals surface area contributed by atoms with Crippen LogP contribution in [-0.4, -0.2) is 46.7 Å². The summed E-state index contributed by atoms with van der Waals surface area (Å²) in [6.45, 7) is 1.91. The zero-order valence-corrected chi connectivity index (χ0v) is 15.1. The van der Waals surface area contributed by atoms with E-state index < -0.39 is 18.3 Å². The molecule has 1 fully saturated rings. The van der Waals surface area contributed by atoms with Gasteiger partial charge in [0, 0.05) is 18.8 Å². The van der Waals surface area contributed by atoms with Crippen LogP contribution >= 0.6 is 0 Å². The van der Waals surface area contributed by atoms with Gasteiger partial charge in [0.2, 0.25) is 0 Å². The molecule has 0 spiro atoms. The Hall–Kier alpha value is -0.910. The van der Waals surface area contributed by atoms with Crippen molar-refractivity contribution in [2.24, 2.45) is 11.8 Å². The molecule has 140 valence electrons. The van der Waals surface area contributed by atoms with Crippen molar-refractivity contribution >= 4 is 5.97 Å². The smallest absolute Gasteiger partial charge is 0.305 e. The molecule has 1 unspecified atom stereocenters. The van der Waals surface area contributed by atoms with Crippen LogP contribution in [0.25, 0.3) is 0 Å². The quantitative estimate of drug-likeness (QED) is 0.305. The number of carbonyl (C=O) groups is 1. The maximum atomic E-state index is 11.0. The van der Waals surface area contributed by atoms with E-state index in [2.05, 4.69) is 4.74 Å². The number of carbonyl (C=O) groups excluding carboxylic acids is 1. The molecular formula is C19H34O5. The number of hydrogen-bond acceptors (Lipinski definition) is 5. The summed E-state index contributed by atoms with van der Waals surface area (Å²) < 4.78 is 4.61. The largest absolute Gasteiger partial charge is 0.469 e. The predicted molar refractivity (Wildman–Crippen MR) is 93.4 cm³/mol. The molecule has 1 aliphatic rings. The van der Waals surface area contributed by atoms with Gasteiger partial charge < -0.3 is 20.1 Å². The zero-order chi connectivity index (χ0) is 17.9. The molecule has 3 N–H and O–H groups in total. The average Bonchev–Trinajstić information content (AvgIpc) is 2.84. The van der Waals surface area contributed by atoms with Crippen LogP contribution in [0.3, 0.4) is 0 Å². The van der Waals surface area contributed by atoms with Gasteiger partial charge >= 0.3 is 5.97 Å². The van der Waals surface area contributed by atoms with Crippen LogP contribution in [0.2, 0.25) is 0 Å². The number of ether oxygens (including phenoxy) is 1. The van der Waals surface area contributed by atoms with Crippen LogP contribution in [0.4, 0.5) is 0 Å². The highest BCUT2D eigenvalue weighted by Crippen LogP contribution is 2.37. The highest BCUT2D eigenvalue weighted by Gasteiger charge is 2.39. The van der Waals surface area contributed by atoms with E-state index in [1.807, 2.05) is 13.0 Å². The van der Waals surface area contributed by atoms with E-state index >= 15 is 0 Å². The van der Waals surface area contributed by atoms with Crippen molar-refractivity contribution in [2.75, 3.05) is 7.11 Å². The van der Waals surface area contributed by atoms with Crippen molar-refractivity contribution in [3.05, 3.63) is 12.2 Å². The predicted octanol–water partition coefficient (Wildman–Crippen LogP) is 2.58. The summed E-state index contributed by atoms with van der Waals surface area (Å²) in [5, 5.41) is 29.9. The number of hydrogen-bond donors (Lipinski definition) is 3. The second-order valence-corrected chi connectivity index (χ2v) is 6.85. The zero-order valence-electron chi connectivity index (χ0n) is 15.1. The summed E-state index contributed by atoms with van der Waals surface area (Å²) in [6.07, 6.45) is 9.60. The minimum Gasteiger partial charge on any atom is -0.469 e. The van der Waals surface area contributed by atoms with E-state index in [4.69, 9.17) is 0 Å². The Balaban J connectivity index is 2.28. The lowest BCUT2D eigenvalue weighted by atomic mass is 9.88. The first-order valence-corrected chi connectivity index (χ1v) is 9.28. The molecule has 0 radical (unpaired) electrons. The molecule has 5 atom stereocenters. The Morgan fingerprint density at radius 2 is 1.83 bits per heavy atom. The van der Waals surface area contributed by atoms with Gasteiger partial charge in [-0.3, -0.25) is 4.79 Å². The van der Waals surface area contributed by atoms with Gasteiger partial charge in [0.1, 0.15) is 0 Å². The van der Waals surface area contributed by atoms with Gasteiger partial charge in [-0.1, -0.05) is 44.8 Å². The van der Waals surface area contributed by atoms with Crippen molar-refractivity contribution in [3.63, 3.8) is 0 Å². The molecule has 0 bridgehead atoms. The molecule has 5 heteroatoms. The van der Waals surface area contributed by atoms with Crippen LogP contribution in [0, 0.1) is 11.8 Å². The third-order valence-corrected chi connectivity index (χ3v) is 5.04. The SMILES string of the molecule is CCC(O)/C=C/[C@@H]1[C@H](CCCCCCCC(=O)OC)[C@@H](O)C[C@H]1O. The number of unbranched alkanes of at least 4 members (excludes halogenated alkanes) is 4. The number of esters is 1. The molecule has 0 amide bonds. The lowest BCUT2D eigenvalue weighted by molar-refractivity contribution is -0.140. The molecule has 0 aromatic heterocycles. The minimum atomic E-state index is -0.523. The number of rotatable bonds is 11. The van der Waals surface area contributed by atoms with E-state index in [1.54, 1.807) is 6.08 Å². The van der Waals surface area contributed by atoms with Crippen molar-refractivity contribution in [2.45, 2.75) is 83.0 Å². The van der Waals surface area contributed by atoms with Crippen molar-refractivity contribution in [3.8, 4) is 0 Å². The first kappa shape index (κ1) is 21.1. The van der Waals surface area contributed by atoms with Crippen molar-refractivity contribution in [1.29, 1.82) is 0 Å². The highest BCUT2D eigenvalue weighted by molar-refractivity contribution is 5.68. The summed E-state index contributed by atoms with van der Waals surface area (Å²) >= 11 is 0. The van der Waals surface area contributed by atoms with Crippen LogP contribution in [0.15, 0.2) is 12.2 Å². The van der Waals surface area contributed by atoms with Gasteiger partial charge in [-0.25, -0.2) is 0 Å². The average molecular weight is 342 g/mol. The number of aliphatic hydroxyl groups is 3. The Kier molecular flexibility index (Phi) is 10.2.